The predicted octanol–water partition coefficient (Wildman–Crippen LogP) is 4.91. The molecule has 0 spiro atoms. The van der Waals surface area contributed by atoms with Gasteiger partial charge in [-0.2, -0.15) is 0 Å². The molecule has 5 nitrogen and oxygen atoms in total. The Balaban J connectivity index is 1.56. The SMILES string of the molecule is CC[C@@H]1CCCCN1C(=O)COC(=O)c1cc(-c2cccs2)nc2ccccc12. The molecule has 3 aromatic rings. The summed E-state index contributed by atoms with van der Waals surface area (Å²) in [7, 11) is 0. The van der Waals surface area contributed by atoms with E-state index in [9.17, 15) is 9.59 Å². The maximum atomic E-state index is 12.9. The molecule has 0 radical (unpaired) electrons. The number of ether oxygens (including phenoxy) is 1. The van der Waals surface area contributed by atoms with Crippen LogP contribution >= 0.6 is 11.3 Å². The lowest BCUT2D eigenvalue weighted by Gasteiger charge is -2.35. The van der Waals surface area contributed by atoms with E-state index in [0.29, 0.717) is 5.56 Å². The maximum absolute atomic E-state index is 12.9. The van der Waals surface area contributed by atoms with Gasteiger partial charge in [0.1, 0.15) is 0 Å². The van der Waals surface area contributed by atoms with E-state index in [0.717, 1.165) is 53.7 Å². The van der Waals surface area contributed by atoms with Gasteiger partial charge >= 0.3 is 5.97 Å². The first-order valence-electron chi connectivity index (χ1n) is 10.1. The van der Waals surface area contributed by atoms with E-state index in [1.165, 1.54) is 0 Å². The van der Waals surface area contributed by atoms with Gasteiger partial charge in [0.15, 0.2) is 6.61 Å². The number of piperidine rings is 1. The third kappa shape index (κ3) is 4.17. The number of carbonyl (C=O) groups excluding carboxylic acids is 2. The highest BCUT2D eigenvalue weighted by molar-refractivity contribution is 7.13. The third-order valence-electron chi connectivity index (χ3n) is 5.46. The number of thiophene rings is 1. The van der Waals surface area contributed by atoms with Crippen LogP contribution < -0.4 is 0 Å². The number of aromatic nitrogens is 1. The molecule has 29 heavy (non-hydrogen) atoms. The Morgan fingerprint density at radius 1 is 1.21 bits per heavy atom. The lowest BCUT2D eigenvalue weighted by molar-refractivity contribution is -0.138. The van der Waals surface area contributed by atoms with Crippen molar-refractivity contribution in [1.29, 1.82) is 0 Å². The molecule has 1 amide bonds. The first-order chi connectivity index (χ1) is 14.2. The molecule has 1 aromatic carbocycles. The average Bonchev–Trinajstić information content (AvgIpc) is 3.31. The molecule has 1 aliphatic heterocycles. The van der Waals surface area contributed by atoms with E-state index in [-0.39, 0.29) is 18.6 Å². The van der Waals surface area contributed by atoms with Crippen LogP contribution in [0.2, 0.25) is 0 Å². The van der Waals surface area contributed by atoms with Crippen molar-refractivity contribution in [3.05, 3.63) is 53.4 Å². The molecule has 1 saturated heterocycles. The van der Waals surface area contributed by atoms with E-state index < -0.39 is 5.97 Å². The van der Waals surface area contributed by atoms with Crippen LogP contribution in [0.4, 0.5) is 0 Å². The fourth-order valence-electron chi connectivity index (χ4n) is 3.94. The van der Waals surface area contributed by atoms with Crippen LogP contribution in [-0.2, 0) is 9.53 Å². The largest absolute Gasteiger partial charge is 0.452 e. The van der Waals surface area contributed by atoms with Crippen molar-refractivity contribution in [3.8, 4) is 10.6 Å². The Bertz CT molecular complexity index is 1020. The number of rotatable bonds is 5. The Morgan fingerprint density at radius 2 is 2.07 bits per heavy atom. The molecule has 2 aromatic heterocycles. The maximum Gasteiger partial charge on any atom is 0.339 e. The molecular weight excluding hydrogens is 384 g/mol. The van der Waals surface area contributed by atoms with E-state index in [4.69, 9.17) is 4.74 Å². The summed E-state index contributed by atoms with van der Waals surface area (Å²) in [6, 6.07) is 13.4. The first-order valence-corrected chi connectivity index (χ1v) is 11.0. The number of para-hydroxylation sites is 1. The zero-order valence-corrected chi connectivity index (χ0v) is 17.3. The summed E-state index contributed by atoms with van der Waals surface area (Å²) < 4.78 is 5.46. The lowest BCUT2D eigenvalue weighted by atomic mass is 10.00. The van der Waals surface area contributed by atoms with Gasteiger partial charge in [-0.05, 0) is 49.3 Å². The summed E-state index contributed by atoms with van der Waals surface area (Å²) in [6.45, 7) is 2.62. The van der Waals surface area contributed by atoms with E-state index >= 15 is 0 Å². The minimum Gasteiger partial charge on any atom is -0.452 e. The van der Waals surface area contributed by atoms with E-state index in [1.54, 1.807) is 17.4 Å². The number of hydrogen-bond acceptors (Lipinski definition) is 5. The summed E-state index contributed by atoms with van der Waals surface area (Å²) in [5.41, 5.74) is 1.91. The van der Waals surface area contributed by atoms with Gasteiger partial charge in [-0.15, -0.1) is 11.3 Å². The Kier molecular flexibility index (Phi) is 5.90. The van der Waals surface area contributed by atoms with Crippen LogP contribution in [0.1, 0.15) is 43.0 Å². The van der Waals surface area contributed by atoms with Crippen molar-refractivity contribution in [3.63, 3.8) is 0 Å². The molecule has 3 heterocycles. The lowest BCUT2D eigenvalue weighted by Crippen LogP contribution is -2.45. The smallest absolute Gasteiger partial charge is 0.339 e. The van der Waals surface area contributed by atoms with Crippen molar-refractivity contribution in [2.24, 2.45) is 0 Å². The van der Waals surface area contributed by atoms with Gasteiger partial charge < -0.3 is 9.64 Å². The number of hydrogen-bond donors (Lipinski definition) is 0. The molecule has 1 aliphatic rings. The Morgan fingerprint density at radius 3 is 2.86 bits per heavy atom. The van der Waals surface area contributed by atoms with Crippen molar-refractivity contribution < 1.29 is 14.3 Å². The topological polar surface area (TPSA) is 59.5 Å². The quantitative estimate of drug-likeness (QED) is 0.563. The second kappa shape index (κ2) is 8.74. The van der Waals surface area contributed by atoms with Crippen LogP contribution in [0.25, 0.3) is 21.5 Å². The molecule has 0 saturated carbocycles. The first kappa shape index (κ1) is 19.6. The number of nitrogens with zero attached hydrogens (tertiary/aromatic N) is 2. The van der Waals surface area contributed by atoms with Crippen molar-refractivity contribution in [2.75, 3.05) is 13.2 Å². The van der Waals surface area contributed by atoms with Gasteiger partial charge in [0.05, 0.1) is 21.7 Å². The minimum atomic E-state index is -0.486. The second-order valence-electron chi connectivity index (χ2n) is 7.27. The average molecular weight is 409 g/mol. The summed E-state index contributed by atoms with van der Waals surface area (Å²) in [4.78, 5) is 33.1. The van der Waals surface area contributed by atoms with Crippen molar-refractivity contribution in [2.45, 2.75) is 38.6 Å². The number of amides is 1. The number of pyridine rings is 1. The molecule has 4 rings (SSSR count). The number of benzene rings is 1. The van der Waals surface area contributed by atoms with Gasteiger partial charge in [-0.25, -0.2) is 9.78 Å². The van der Waals surface area contributed by atoms with Crippen LogP contribution in [0, 0.1) is 0 Å². The molecule has 0 N–H and O–H groups in total. The summed E-state index contributed by atoms with van der Waals surface area (Å²) >= 11 is 1.57. The predicted molar refractivity (Wildman–Crippen MR) is 115 cm³/mol. The molecule has 150 valence electrons. The minimum absolute atomic E-state index is 0.109. The molecule has 6 heteroatoms. The van der Waals surface area contributed by atoms with Gasteiger partial charge in [-0.3, -0.25) is 4.79 Å². The summed E-state index contributed by atoms with van der Waals surface area (Å²) in [6.07, 6.45) is 4.11. The van der Waals surface area contributed by atoms with Gasteiger partial charge in [-0.1, -0.05) is 31.2 Å². The molecule has 0 aliphatic carbocycles. The third-order valence-corrected chi connectivity index (χ3v) is 6.35. The fraction of sp³-hybridized carbons (Fsp3) is 0.348. The zero-order valence-electron chi connectivity index (χ0n) is 16.5. The normalized spacial score (nSPS) is 16.7. The highest BCUT2D eigenvalue weighted by atomic mass is 32.1. The molecule has 1 fully saturated rings. The zero-order chi connectivity index (χ0) is 20.2. The van der Waals surface area contributed by atoms with Crippen LogP contribution in [0.3, 0.4) is 0 Å². The van der Waals surface area contributed by atoms with Crippen LogP contribution in [0.5, 0.6) is 0 Å². The van der Waals surface area contributed by atoms with Crippen molar-refractivity contribution >= 4 is 34.1 Å². The number of fused-ring (bicyclic) bond motifs is 1. The van der Waals surface area contributed by atoms with Crippen LogP contribution in [-0.4, -0.2) is 41.0 Å². The van der Waals surface area contributed by atoms with E-state index in [2.05, 4.69) is 11.9 Å². The van der Waals surface area contributed by atoms with Gasteiger partial charge in [0.2, 0.25) is 0 Å². The van der Waals surface area contributed by atoms with Crippen molar-refractivity contribution in [1.82, 2.24) is 9.88 Å². The molecular formula is C23H24N2O3S. The van der Waals surface area contributed by atoms with Gasteiger partial charge in [0.25, 0.3) is 5.91 Å². The number of carbonyl (C=O) groups is 2. The number of likely N-dealkylation sites (tertiary alicyclic amines) is 1. The Labute approximate surface area is 174 Å². The standard InChI is InChI=1S/C23H24N2O3S/c1-2-16-8-5-6-12-25(16)22(26)15-28-23(27)18-14-20(21-11-7-13-29-21)24-19-10-4-3-9-17(18)19/h3-4,7,9-11,13-14,16H,2,5-6,8,12,15H2,1H3/t16-/m1/s1. The summed E-state index contributed by atoms with van der Waals surface area (Å²) in [5, 5.41) is 2.71. The number of esters is 1. The van der Waals surface area contributed by atoms with E-state index in [1.807, 2.05) is 46.7 Å². The van der Waals surface area contributed by atoms with Gasteiger partial charge in [0, 0.05) is 18.0 Å². The Hall–Kier alpha value is -2.73. The second-order valence-corrected chi connectivity index (χ2v) is 8.22. The molecule has 0 bridgehead atoms. The highest BCUT2D eigenvalue weighted by Crippen LogP contribution is 2.28. The molecule has 1 atom stereocenters. The highest BCUT2D eigenvalue weighted by Gasteiger charge is 2.26. The monoisotopic (exact) mass is 408 g/mol. The van der Waals surface area contributed by atoms with Crippen LogP contribution in [0.15, 0.2) is 47.8 Å². The summed E-state index contributed by atoms with van der Waals surface area (Å²) in [5.74, 6) is -0.596. The molecule has 0 unspecified atom stereocenters. The fourth-order valence-corrected chi connectivity index (χ4v) is 4.62.